The van der Waals surface area contributed by atoms with E-state index in [2.05, 4.69) is 10.1 Å². The van der Waals surface area contributed by atoms with E-state index in [4.69, 9.17) is 21.9 Å². The van der Waals surface area contributed by atoms with Gasteiger partial charge in [-0.3, -0.25) is 0 Å². The Labute approximate surface area is 111 Å². The van der Waals surface area contributed by atoms with Crippen molar-refractivity contribution in [1.29, 1.82) is 0 Å². The first kappa shape index (κ1) is 13.1. The van der Waals surface area contributed by atoms with E-state index in [0.29, 0.717) is 16.7 Å². The smallest absolute Gasteiger partial charge is 0.226 e. The number of hydrogen-bond acceptors (Lipinski definition) is 4. The van der Waals surface area contributed by atoms with E-state index in [1.165, 1.54) is 0 Å². The molecule has 0 fully saturated rings. The maximum Gasteiger partial charge on any atom is 0.226 e. The van der Waals surface area contributed by atoms with Crippen LogP contribution in [0.4, 0.5) is 0 Å². The summed E-state index contributed by atoms with van der Waals surface area (Å²) in [5, 5.41) is 4.58. The quantitative estimate of drug-likeness (QED) is 0.815. The molecule has 0 unspecified atom stereocenters. The van der Waals surface area contributed by atoms with Gasteiger partial charge in [-0.2, -0.15) is 4.98 Å². The molecular formula is C13H16ClN3O. The highest BCUT2D eigenvalue weighted by molar-refractivity contribution is 6.33. The van der Waals surface area contributed by atoms with Crippen molar-refractivity contribution in [1.82, 2.24) is 10.1 Å². The second kappa shape index (κ2) is 6.52. The van der Waals surface area contributed by atoms with Crippen LogP contribution in [0.1, 0.15) is 25.2 Å². The molecule has 2 N–H and O–H groups in total. The van der Waals surface area contributed by atoms with E-state index in [1.807, 2.05) is 24.3 Å². The van der Waals surface area contributed by atoms with E-state index < -0.39 is 0 Å². The molecule has 0 aliphatic carbocycles. The van der Waals surface area contributed by atoms with E-state index >= 15 is 0 Å². The van der Waals surface area contributed by atoms with E-state index in [9.17, 15) is 0 Å². The van der Waals surface area contributed by atoms with E-state index in [0.717, 1.165) is 37.8 Å². The van der Waals surface area contributed by atoms with Gasteiger partial charge in [0.2, 0.25) is 11.7 Å². The maximum atomic E-state index is 6.08. The third-order valence-corrected chi connectivity index (χ3v) is 3.01. The number of nitrogens with two attached hydrogens (primary N) is 1. The number of halogens is 1. The molecule has 0 bridgehead atoms. The molecule has 2 rings (SSSR count). The van der Waals surface area contributed by atoms with Crippen LogP contribution in [0.2, 0.25) is 5.02 Å². The van der Waals surface area contributed by atoms with Gasteiger partial charge >= 0.3 is 0 Å². The highest BCUT2D eigenvalue weighted by Gasteiger charge is 2.10. The lowest BCUT2D eigenvalue weighted by molar-refractivity contribution is 0.374. The van der Waals surface area contributed by atoms with Crippen LogP contribution in [0.25, 0.3) is 11.4 Å². The van der Waals surface area contributed by atoms with Gasteiger partial charge in [0.25, 0.3) is 0 Å². The van der Waals surface area contributed by atoms with Crippen molar-refractivity contribution in [3.05, 3.63) is 35.2 Å². The molecule has 5 heteroatoms. The van der Waals surface area contributed by atoms with E-state index in [1.54, 1.807) is 0 Å². The fourth-order valence-corrected chi connectivity index (χ4v) is 1.93. The summed E-state index contributed by atoms with van der Waals surface area (Å²) < 4.78 is 5.20. The van der Waals surface area contributed by atoms with Gasteiger partial charge in [-0.25, -0.2) is 0 Å². The van der Waals surface area contributed by atoms with Crippen LogP contribution in [0.15, 0.2) is 28.8 Å². The molecule has 18 heavy (non-hydrogen) atoms. The molecule has 0 spiro atoms. The Morgan fingerprint density at radius 1 is 1.17 bits per heavy atom. The Morgan fingerprint density at radius 2 is 2.00 bits per heavy atom. The van der Waals surface area contributed by atoms with Gasteiger partial charge in [0.05, 0.1) is 5.02 Å². The zero-order valence-corrected chi connectivity index (χ0v) is 10.9. The number of aryl methyl sites for hydroxylation is 1. The molecule has 0 saturated heterocycles. The van der Waals surface area contributed by atoms with Crippen LogP contribution < -0.4 is 5.73 Å². The molecule has 1 aromatic carbocycles. The summed E-state index contributed by atoms with van der Waals surface area (Å²) >= 11 is 6.08. The maximum absolute atomic E-state index is 6.08. The number of benzene rings is 1. The van der Waals surface area contributed by atoms with Gasteiger partial charge in [-0.1, -0.05) is 35.3 Å². The van der Waals surface area contributed by atoms with Gasteiger partial charge in [0, 0.05) is 12.0 Å². The monoisotopic (exact) mass is 265 g/mol. The van der Waals surface area contributed by atoms with Crippen LogP contribution in [0, 0.1) is 0 Å². The van der Waals surface area contributed by atoms with E-state index in [-0.39, 0.29) is 0 Å². The van der Waals surface area contributed by atoms with Crippen molar-refractivity contribution in [2.45, 2.75) is 25.7 Å². The lowest BCUT2D eigenvalue weighted by atomic mass is 10.2. The Balaban J connectivity index is 2.00. The van der Waals surface area contributed by atoms with Crippen LogP contribution in [-0.4, -0.2) is 16.7 Å². The van der Waals surface area contributed by atoms with Gasteiger partial charge in [-0.15, -0.1) is 0 Å². The first-order valence-electron chi connectivity index (χ1n) is 6.09. The Hall–Kier alpha value is -1.39. The third-order valence-electron chi connectivity index (χ3n) is 2.68. The summed E-state index contributed by atoms with van der Waals surface area (Å²) in [4.78, 5) is 4.35. The van der Waals surface area contributed by atoms with Gasteiger partial charge in [-0.05, 0) is 31.5 Å². The Kier molecular flexibility index (Phi) is 4.73. The van der Waals surface area contributed by atoms with Crippen molar-refractivity contribution < 1.29 is 4.52 Å². The summed E-state index contributed by atoms with van der Waals surface area (Å²) in [6.45, 7) is 0.731. The first-order chi connectivity index (χ1) is 8.81. The molecule has 1 heterocycles. The van der Waals surface area contributed by atoms with Crippen molar-refractivity contribution in [2.75, 3.05) is 6.54 Å². The van der Waals surface area contributed by atoms with Gasteiger partial charge in [0.1, 0.15) is 0 Å². The molecule has 0 aliphatic rings. The highest BCUT2D eigenvalue weighted by Crippen LogP contribution is 2.25. The third kappa shape index (κ3) is 3.31. The average Bonchev–Trinajstić information content (AvgIpc) is 2.84. The fraction of sp³-hybridized carbons (Fsp3) is 0.385. The summed E-state index contributed by atoms with van der Waals surface area (Å²) in [6, 6.07) is 7.47. The minimum Gasteiger partial charge on any atom is -0.339 e. The number of rotatable bonds is 6. The average molecular weight is 266 g/mol. The molecule has 0 aliphatic heterocycles. The fourth-order valence-electron chi connectivity index (χ4n) is 1.71. The van der Waals surface area contributed by atoms with Crippen LogP contribution in [0.3, 0.4) is 0 Å². The zero-order chi connectivity index (χ0) is 12.8. The second-order valence-corrected chi connectivity index (χ2v) is 4.50. The Bertz CT molecular complexity index is 498. The van der Waals surface area contributed by atoms with Crippen molar-refractivity contribution in [2.24, 2.45) is 5.73 Å². The number of hydrogen-bond donors (Lipinski definition) is 1. The van der Waals surface area contributed by atoms with Crippen LogP contribution >= 0.6 is 11.6 Å². The molecule has 0 saturated carbocycles. The van der Waals surface area contributed by atoms with Crippen molar-refractivity contribution in [3.63, 3.8) is 0 Å². The Morgan fingerprint density at radius 3 is 2.78 bits per heavy atom. The predicted molar refractivity (Wildman–Crippen MR) is 71.4 cm³/mol. The topological polar surface area (TPSA) is 64.9 Å². The minimum atomic E-state index is 0.550. The molecule has 2 aromatic rings. The normalized spacial score (nSPS) is 10.8. The summed E-state index contributed by atoms with van der Waals surface area (Å²) in [5.41, 5.74) is 6.24. The molecule has 96 valence electrons. The predicted octanol–water partition coefficient (Wildman–Crippen LogP) is 3.06. The molecular weight excluding hydrogens is 250 g/mol. The lowest BCUT2D eigenvalue weighted by Crippen LogP contribution is -1.98. The van der Waals surface area contributed by atoms with Gasteiger partial charge < -0.3 is 10.3 Å². The van der Waals surface area contributed by atoms with Crippen molar-refractivity contribution >= 4 is 11.6 Å². The standard InChI is InChI=1S/C13H16ClN3O/c14-11-7-4-3-6-10(11)13-16-12(18-17-13)8-2-1-5-9-15/h3-4,6-7H,1-2,5,8-9,15H2. The van der Waals surface area contributed by atoms with Gasteiger partial charge in [0.15, 0.2) is 0 Å². The SMILES string of the molecule is NCCCCCc1nc(-c2ccccc2Cl)no1. The summed E-state index contributed by atoms with van der Waals surface area (Å²) in [5.74, 6) is 1.20. The highest BCUT2D eigenvalue weighted by atomic mass is 35.5. The largest absolute Gasteiger partial charge is 0.339 e. The van der Waals surface area contributed by atoms with Crippen LogP contribution in [0.5, 0.6) is 0 Å². The molecule has 0 radical (unpaired) electrons. The number of aromatic nitrogens is 2. The lowest BCUT2D eigenvalue weighted by Gasteiger charge is -1.96. The molecule has 0 atom stereocenters. The molecule has 4 nitrogen and oxygen atoms in total. The number of nitrogens with zero attached hydrogens (tertiary/aromatic N) is 2. The summed E-state index contributed by atoms with van der Waals surface area (Å²) in [6.07, 6.45) is 3.92. The second-order valence-electron chi connectivity index (χ2n) is 4.09. The van der Waals surface area contributed by atoms with Crippen LogP contribution in [-0.2, 0) is 6.42 Å². The first-order valence-corrected chi connectivity index (χ1v) is 6.46. The minimum absolute atomic E-state index is 0.550. The molecule has 0 amide bonds. The number of unbranched alkanes of at least 4 members (excludes halogenated alkanes) is 2. The summed E-state index contributed by atoms with van der Waals surface area (Å²) in [7, 11) is 0. The zero-order valence-electron chi connectivity index (χ0n) is 10.1. The molecule has 1 aromatic heterocycles. The van der Waals surface area contributed by atoms with Crippen molar-refractivity contribution in [3.8, 4) is 11.4 Å².